The van der Waals surface area contributed by atoms with E-state index in [1.165, 1.54) is 12.0 Å². The van der Waals surface area contributed by atoms with Gasteiger partial charge in [0.15, 0.2) is 0 Å². The molecule has 0 bridgehead atoms. The number of amides is 2. The molecule has 1 aliphatic heterocycles. The minimum absolute atomic E-state index is 0.254. The van der Waals surface area contributed by atoms with E-state index in [1.807, 2.05) is 63.2 Å². The SMILES string of the molecule is COc1ccccc1N1C(=O)C(Nc2cccc(C)c2)=C(c2ccc(C)c(C)c2)C1=O. The number of aryl methyl sites for hydroxylation is 3. The molecule has 1 N–H and O–H groups in total. The molecule has 0 aliphatic carbocycles. The Bertz CT molecular complexity index is 1230. The average Bonchev–Trinajstić information content (AvgIpc) is 2.99. The van der Waals surface area contributed by atoms with E-state index >= 15 is 0 Å². The predicted octanol–water partition coefficient (Wildman–Crippen LogP) is 5.02. The summed E-state index contributed by atoms with van der Waals surface area (Å²) in [7, 11) is 1.52. The van der Waals surface area contributed by atoms with E-state index in [0.29, 0.717) is 22.6 Å². The number of methoxy groups -OCH3 is 1. The molecule has 0 fully saturated rings. The summed E-state index contributed by atoms with van der Waals surface area (Å²) < 4.78 is 5.41. The largest absolute Gasteiger partial charge is 0.495 e. The second kappa shape index (κ2) is 8.11. The summed E-state index contributed by atoms with van der Waals surface area (Å²) in [6.07, 6.45) is 0. The summed E-state index contributed by atoms with van der Waals surface area (Å²) in [5.41, 5.74) is 5.70. The molecule has 5 heteroatoms. The number of carbonyl (C=O) groups excluding carboxylic acids is 2. The summed E-state index contributed by atoms with van der Waals surface area (Å²) in [4.78, 5) is 28.3. The van der Waals surface area contributed by atoms with E-state index in [0.717, 1.165) is 22.4 Å². The van der Waals surface area contributed by atoms with E-state index in [-0.39, 0.29) is 11.6 Å². The van der Waals surface area contributed by atoms with Crippen molar-refractivity contribution in [3.63, 3.8) is 0 Å². The molecule has 31 heavy (non-hydrogen) atoms. The van der Waals surface area contributed by atoms with E-state index in [9.17, 15) is 9.59 Å². The van der Waals surface area contributed by atoms with Gasteiger partial charge in [0.25, 0.3) is 11.8 Å². The number of nitrogens with zero attached hydrogens (tertiary/aromatic N) is 1. The van der Waals surface area contributed by atoms with Gasteiger partial charge in [-0.15, -0.1) is 0 Å². The first-order valence-electron chi connectivity index (χ1n) is 10.1. The topological polar surface area (TPSA) is 58.6 Å². The molecule has 0 saturated heterocycles. The Labute approximate surface area is 182 Å². The quantitative estimate of drug-likeness (QED) is 0.598. The maximum atomic E-state index is 13.6. The van der Waals surface area contributed by atoms with Gasteiger partial charge in [-0.1, -0.05) is 42.5 Å². The lowest BCUT2D eigenvalue weighted by Crippen LogP contribution is -2.32. The van der Waals surface area contributed by atoms with Crippen LogP contribution < -0.4 is 15.0 Å². The van der Waals surface area contributed by atoms with Crippen LogP contribution in [0.15, 0.2) is 72.4 Å². The molecule has 3 aromatic rings. The molecule has 0 spiro atoms. The van der Waals surface area contributed by atoms with Crippen molar-refractivity contribution in [2.45, 2.75) is 20.8 Å². The molecular formula is C26H24N2O3. The van der Waals surface area contributed by atoms with Crippen molar-refractivity contribution >= 4 is 28.8 Å². The van der Waals surface area contributed by atoms with Crippen LogP contribution in [-0.4, -0.2) is 18.9 Å². The van der Waals surface area contributed by atoms with Crippen molar-refractivity contribution in [1.82, 2.24) is 0 Å². The van der Waals surface area contributed by atoms with E-state index < -0.39 is 5.91 Å². The zero-order chi connectivity index (χ0) is 22.1. The number of hydrogen-bond donors (Lipinski definition) is 1. The number of anilines is 2. The van der Waals surface area contributed by atoms with Crippen LogP contribution in [0.25, 0.3) is 5.57 Å². The van der Waals surface area contributed by atoms with E-state index in [1.54, 1.807) is 24.3 Å². The van der Waals surface area contributed by atoms with E-state index in [2.05, 4.69) is 5.32 Å². The number of hydrogen-bond acceptors (Lipinski definition) is 4. The van der Waals surface area contributed by atoms with Crippen LogP contribution in [0, 0.1) is 20.8 Å². The zero-order valence-electron chi connectivity index (χ0n) is 18.0. The minimum atomic E-state index is -0.413. The summed E-state index contributed by atoms with van der Waals surface area (Å²) in [6.45, 7) is 5.99. The van der Waals surface area contributed by atoms with Crippen molar-refractivity contribution < 1.29 is 14.3 Å². The molecule has 2 amide bonds. The third-order valence-electron chi connectivity index (χ3n) is 5.49. The van der Waals surface area contributed by atoms with Crippen molar-refractivity contribution in [2.24, 2.45) is 0 Å². The van der Waals surface area contributed by atoms with Crippen LogP contribution >= 0.6 is 0 Å². The van der Waals surface area contributed by atoms with Crippen LogP contribution in [0.3, 0.4) is 0 Å². The lowest BCUT2D eigenvalue weighted by molar-refractivity contribution is -0.120. The van der Waals surface area contributed by atoms with Gasteiger partial charge in [0, 0.05) is 5.69 Å². The lowest BCUT2D eigenvalue weighted by atomic mass is 9.99. The Kier molecular flexibility index (Phi) is 5.34. The molecule has 0 unspecified atom stereocenters. The molecule has 0 atom stereocenters. The molecule has 0 aromatic heterocycles. The van der Waals surface area contributed by atoms with Crippen LogP contribution in [0.1, 0.15) is 22.3 Å². The van der Waals surface area contributed by atoms with Gasteiger partial charge in [0.2, 0.25) is 0 Å². The molecule has 156 valence electrons. The average molecular weight is 412 g/mol. The maximum absolute atomic E-state index is 13.6. The monoisotopic (exact) mass is 412 g/mol. The zero-order valence-corrected chi connectivity index (χ0v) is 18.0. The molecule has 3 aromatic carbocycles. The highest BCUT2D eigenvalue weighted by molar-refractivity contribution is 6.46. The fourth-order valence-electron chi connectivity index (χ4n) is 3.71. The van der Waals surface area contributed by atoms with Crippen molar-refractivity contribution in [2.75, 3.05) is 17.3 Å². The summed E-state index contributed by atoms with van der Waals surface area (Å²) >= 11 is 0. The smallest absolute Gasteiger partial charge is 0.282 e. The van der Waals surface area contributed by atoms with Crippen LogP contribution in [0.5, 0.6) is 5.75 Å². The van der Waals surface area contributed by atoms with Gasteiger partial charge in [-0.25, -0.2) is 4.90 Å². The number of para-hydroxylation sites is 2. The van der Waals surface area contributed by atoms with Gasteiger partial charge in [-0.05, 0) is 67.3 Å². The van der Waals surface area contributed by atoms with Gasteiger partial charge < -0.3 is 10.1 Å². The second-order valence-corrected chi connectivity index (χ2v) is 7.66. The second-order valence-electron chi connectivity index (χ2n) is 7.66. The summed E-state index contributed by atoms with van der Waals surface area (Å²) in [5.74, 6) is -0.336. The number of carbonyl (C=O) groups is 2. The molecule has 0 saturated carbocycles. The number of ether oxygens (including phenoxy) is 1. The number of rotatable bonds is 5. The first-order chi connectivity index (χ1) is 14.9. The number of nitrogens with one attached hydrogen (secondary N) is 1. The van der Waals surface area contributed by atoms with Gasteiger partial charge >= 0.3 is 0 Å². The first kappa shape index (κ1) is 20.4. The predicted molar refractivity (Wildman–Crippen MR) is 123 cm³/mol. The van der Waals surface area contributed by atoms with E-state index in [4.69, 9.17) is 4.74 Å². The van der Waals surface area contributed by atoms with Crippen LogP contribution in [0.4, 0.5) is 11.4 Å². The summed E-state index contributed by atoms with van der Waals surface area (Å²) in [5, 5.41) is 3.21. The maximum Gasteiger partial charge on any atom is 0.282 e. The van der Waals surface area contributed by atoms with Gasteiger partial charge in [-0.3, -0.25) is 9.59 Å². The third-order valence-corrected chi connectivity index (χ3v) is 5.49. The van der Waals surface area contributed by atoms with Crippen LogP contribution in [0.2, 0.25) is 0 Å². The first-order valence-corrected chi connectivity index (χ1v) is 10.1. The molecule has 4 rings (SSSR count). The highest BCUT2D eigenvalue weighted by atomic mass is 16.5. The Balaban J connectivity index is 1.87. The third kappa shape index (κ3) is 3.70. The number of imide groups is 1. The van der Waals surface area contributed by atoms with Crippen LogP contribution in [-0.2, 0) is 9.59 Å². The molecular weight excluding hydrogens is 388 g/mol. The highest BCUT2D eigenvalue weighted by Gasteiger charge is 2.41. The standard InChI is InChI=1S/C26H24N2O3/c1-16-8-7-9-20(14-16)27-24-23(19-13-12-17(2)18(3)15-19)25(29)28(26(24)30)21-10-5-6-11-22(21)31-4/h5-15,27H,1-4H3. The van der Waals surface area contributed by atoms with Gasteiger partial charge in [0.1, 0.15) is 11.4 Å². The van der Waals surface area contributed by atoms with Crippen molar-refractivity contribution in [3.05, 3.63) is 94.7 Å². The van der Waals surface area contributed by atoms with Gasteiger partial charge in [0.05, 0.1) is 18.4 Å². The van der Waals surface area contributed by atoms with Crippen molar-refractivity contribution in [3.8, 4) is 5.75 Å². The van der Waals surface area contributed by atoms with Crippen molar-refractivity contribution in [1.29, 1.82) is 0 Å². The Morgan fingerprint density at radius 3 is 2.29 bits per heavy atom. The fraction of sp³-hybridized carbons (Fsp3) is 0.154. The molecule has 0 radical (unpaired) electrons. The highest BCUT2D eigenvalue weighted by Crippen LogP contribution is 2.38. The Morgan fingerprint density at radius 2 is 1.58 bits per heavy atom. The summed E-state index contributed by atoms with van der Waals surface area (Å²) in [6, 6.07) is 20.5. The number of benzene rings is 3. The molecule has 5 nitrogen and oxygen atoms in total. The minimum Gasteiger partial charge on any atom is -0.495 e. The molecule has 1 aliphatic rings. The lowest BCUT2D eigenvalue weighted by Gasteiger charge is -2.18. The molecule has 1 heterocycles. The Hall–Kier alpha value is -3.86. The fourth-order valence-corrected chi connectivity index (χ4v) is 3.71. The van der Waals surface area contributed by atoms with Gasteiger partial charge in [-0.2, -0.15) is 0 Å². The Morgan fingerprint density at radius 1 is 0.806 bits per heavy atom. The normalized spacial score (nSPS) is 13.7.